The van der Waals surface area contributed by atoms with Gasteiger partial charge in [-0.15, -0.1) is 0 Å². The van der Waals surface area contributed by atoms with Gasteiger partial charge in [-0.1, -0.05) is 43.3 Å². The van der Waals surface area contributed by atoms with Crippen molar-refractivity contribution in [1.82, 2.24) is 10.6 Å². The van der Waals surface area contributed by atoms with Crippen LogP contribution in [0.2, 0.25) is 0 Å². The molecule has 0 aliphatic rings. The van der Waals surface area contributed by atoms with Gasteiger partial charge < -0.3 is 44.1 Å². The Hall–Kier alpha value is -2.40. The molecule has 0 fully saturated rings. The van der Waals surface area contributed by atoms with E-state index in [1.807, 2.05) is 73.3 Å². The Morgan fingerprint density at radius 3 is 2.60 bits per heavy atom. The van der Waals surface area contributed by atoms with Crippen LogP contribution < -0.4 is 43.9 Å². The summed E-state index contributed by atoms with van der Waals surface area (Å²) in [6.45, 7) is 5.65. The monoisotopic (exact) mass is 655 g/mol. The average molecular weight is 656 g/mol. The third-order valence-corrected chi connectivity index (χ3v) is 5.85. The van der Waals surface area contributed by atoms with Crippen LogP contribution in [0.4, 0.5) is 4.79 Å². The van der Waals surface area contributed by atoms with E-state index in [1.54, 1.807) is 6.07 Å². The van der Waals surface area contributed by atoms with Gasteiger partial charge in [0.2, 0.25) is 0 Å². The van der Waals surface area contributed by atoms with Crippen molar-refractivity contribution in [1.29, 1.82) is 0 Å². The van der Waals surface area contributed by atoms with Gasteiger partial charge in [0, 0.05) is 17.8 Å². The Morgan fingerprint density at radius 1 is 1.06 bits per heavy atom. The van der Waals surface area contributed by atoms with Crippen LogP contribution in [-0.4, -0.2) is 37.8 Å². The highest BCUT2D eigenvalue weighted by atomic mass is 127. The maximum Gasteiger partial charge on any atom is 0.407 e. The summed E-state index contributed by atoms with van der Waals surface area (Å²) in [5.74, 6) is 0.634. The summed E-state index contributed by atoms with van der Waals surface area (Å²) in [6, 6.07) is 15.6. The van der Waals surface area contributed by atoms with Crippen LogP contribution in [0.3, 0.4) is 0 Å². The Bertz CT molecular complexity index is 1120. The predicted octanol–water partition coefficient (Wildman–Crippen LogP) is 1.62. The Kier molecular flexibility index (Phi) is 12.3. The minimum Gasteiger partial charge on any atom is -1.00 e. The predicted molar refractivity (Wildman–Crippen MR) is 135 cm³/mol. The van der Waals surface area contributed by atoms with Gasteiger partial charge >= 0.3 is 6.09 Å². The molecule has 1 unspecified atom stereocenters. The van der Waals surface area contributed by atoms with Gasteiger partial charge in [-0.25, -0.2) is 9.36 Å². The van der Waals surface area contributed by atoms with Crippen LogP contribution in [0.25, 0.3) is 10.8 Å². The number of nitrogens with zero attached hydrogens (tertiary/aromatic N) is 1. The number of hydrogen-bond acceptors (Lipinski definition) is 4. The highest BCUT2D eigenvalue weighted by Crippen LogP contribution is 2.24. The number of halogens is 2. The molecular formula is C26H31BrIN3O4. The van der Waals surface area contributed by atoms with E-state index < -0.39 is 6.09 Å². The van der Waals surface area contributed by atoms with Gasteiger partial charge in [0.05, 0.1) is 17.6 Å². The van der Waals surface area contributed by atoms with Crippen LogP contribution in [0.1, 0.15) is 37.0 Å². The molecule has 0 aliphatic heterocycles. The summed E-state index contributed by atoms with van der Waals surface area (Å²) in [6.07, 6.45) is 4.50. The molecule has 3 aromatic rings. The van der Waals surface area contributed by atoms with Crippen molar-refractivity contribution in [3.8, 4) is 5.75 Å². The lowest BCUT2D eigenvalue weighted by atomic mass is 10.1. The quantitative estimate of drug-likeness (QED) is 0.187. The van der Waals surface area contributed by atoms with Gasteiger partial charge in [0.15, 0.2) is 12.4 Å². The molecule has 0 aliphatic carbocycles. The molecule has 2 amide bonds. The Labute approximate surface area is 231 Å². The fraction of sp³-hybridized carbons (Fsp3) is 0.346. The fourth-order valence-electron chi connectivity index (χ4n) is 3.53. The van der Waals surface area contributed by atoms with E-state index >= 15 is 0 Å². The van der Waals surface area contributed by atoms with Gasteiger partial charge in [-0.2, -0.15) is 0 Å². The number of carbonyl (C=O) groups is 2. The minimum absolute atomic E-state index is 0. The summed E-state index contributed by atoms with van der Waals surface area (Å²) in [7, 11) is 0. The third kappa shape index (κ3) is 8.96. The molecule has 188 valence electrons. The highest BCUT2D eigenvalue weighted by molar-refractivity contribution is 9.10. The van der Waals surface area contributed by atoms with Crippen LogP contribution in [0.5, 0.6) is 5.75 Å². The Morgan fingerprint density at radius 2 is 1.83 bits per heavy atom. The summed E-state index contributed by atoms with van der Waals surface area (Å²) in [4.78, 5) is 24.6. The molecule has 1 heterocycles. The van der Waals surface area contributed by atoms with Crippen molar-refractivity contribution in [3.05, 3.63) is 71.0 Å². The number of aromatic nitrogens is 1. The molecule has 2 N–H and O–H groups in total. The molecule has 35 heavy (non-hydrogen) atoms. The molecule has 7 nitrogen and oxygen atoms in total. The molecule has 0 bridgehead atoms. The van der Waals surface area contributed by atoms with Crippen molar-refractivity contribution in [3.63, 3.8) is 0 Å². The molecular weight excluding hydrogens is 625 g/mol. The molecule has 1 atom stereocenters. The van der Waals surface area contributed by atoms with Gasteiger partial charge in [-0.05, 0) is 46.8 Å². The number of carbonyl (C=O) groups excluding carboxylic acids is 2. The number of hydrogen-bond donors (Lipinski definition) is 2. The standard InChI is InChI=1S/C26H30BrN3O4.HI/c1-3-22(29-25(31)20-16-21(27)18-30(4-2)17-20)12-14-34-26(32)28-13-15-33-24-11-7-9-19-8-5-6-10-23(19)24;/h5-11,16-18,22H,3-4,12-15H2,1-2H3,(H-,28,29,31,32);1H. The van der Waals surface area contributed by atoms with Crippen molar-refractivity contribution in [2.24, 2.45) is 0 Å². The van der Waals surface area contributed by atoms with Gasteiger partial charge in [-0.3, -0.25) is 4.79 Å². The Balaban J connectivity index is 0.00000432. The molecule has 2 aromatic carbocycles. The summed E-state index contributed by atoms with van der Waals surface area (Å²) in [5.41, 5.74) is 0.583. The first kappa shape index (κ1) is 28.8. The van der Waals surface area contributed by atoms with E-state index in [1.165, 1.54) is 0 Å². The first-order valence-electron chi connectivity index (χ1n) is 11.5. The van der Waals surface area contributed by atoms with E-state index in [0.717, 1.165) is 34.0 Å². The molecule has 9 heteroatoms. The van der Waals surface area contributed by atoms with E-state index in [-0.39, 0.29) is 42.5 Å². The molecule has 0 saturated heterocycles. The first-order valence-corrected chi connectivity index (χ1v) is 12.3. The van der Waals surface area contributed by atoms with Crippen LogP contribution in [0, 0.1) is 0 Å². The van der Waals surface area contributed by atoms with Crippen LogP contribution in [-0.2, 0) is 11.3 Å². The maximum atomic E-state index is 12.6. The lowest BCUT2D eigenvalue weighted by Crippen LogP contribution is -3.00. The van der Waals surface area contributed by atoms with Gasteiger partial charge in [0.25, 0.3) is 5.91 Å². The number of aryl methyl sites for hydroxylation is 1. The highest BCUT2D eigenvalue weighted by Gasteiger charge is 2.16. The zero-order valence-electron chi connectivity index (χ0n) is 19.9. The zero-order chi connectivity index (χ0) is 24.3. The molecule has 3 rings (SSSR count). The van der Waals surface area contributed by atoms with Crippen LogP contribution in [0.15, 0.2) is 65.4 Å². The second-order valence-electron chi connectivity index (χ2n) is 7.83. The summed E-state index contributed by atoms with van der Waals surface area (Å²) < 4.78 is 13.9. The second kappa shape index (κ2) is 14.9. The zero-order valence-corrected chi connectivity index (χ0v) is 23.7. The van der Waals surface area contributed by atoms with E-state index in [2.05, 4.69) is 26.6 Å². The normalized spacial score (nSPS) is 11.3. The number of benzene rings is 2. The third-order valence-electron chi connectivity index (χ3n) is 5.42. The minimum atomic E-state index is -0.501. The SMILES string of the molecule is CCC(CCOC(=O)NCCOc1cccc2ccccc12)NC(=O)c1cc(Br)c[n+](CC)c1.[I-]. The van der Waals surface area contributed by atoms with Crippen molar-refractivity contribution >= 4 is 38.7 Å². The maximum absolute atomic E-state index is 12.6. The van der Waals surface area contributed by atoms with Crippen LogP contribution >= 0.6 is 15.9 Å². The van der Waals surface area contributed by atoms with Gasteiger partial charge in [0.1, 0.15) is 24.5 Å². The largest absolute Gasteiger partial charge is 1.00 e. The number of ether oxygens (including phenoxy) is 2. The lowest BCUT2D eigenvalue weighted by molar-refractivity contribution is -0.694. The molecule has 0 radical (unpaired) electrons. The second-order valence-corrected chi connectivity index (χ2v) is 8.74. The molecule has 0 spiro atoms. The van der Waals surface area contributed by atoms with E-state index in [4.69, 9.17) is 9.47 Å². The number of amides is 2. The number of alkyl carbamates (subject to hydrolysis) is 1. The first-order chi connectivity index (χ1) is 16.5. The number of rotatable bonds is 11. The number of pyridine rings is 1. The fourth-order valence-corrected chi connectivity index (χ4v) is 4.04. The molecule has 1 aromatic heterocycles. The van der Waals surface area contributed by atoms with Crippen molar-refractivity contribution in [2.45, 2.75) is 39.3 Å². The smallest absolute Gasteiger partial charge is 0.407 e. The summed E-state index contributed by atoms with van der Waals surface area (Å²) >= 11 is 3.44. The topological polar surface area (TPSA) is 80.5 Å². The van der Waals surface area contributed by atoms with Crippen molar-refractivity contribution < 1.29 is 47.6 Å². The van der Waals surface area contributed by atoms with E-state index in [0.29, 0.717) is 25.1 Å². The number of fused-ring (bicyclic) bond motifs is 1. The van der Waals surface area contributed by atoms with Crippen molar-refractivity contribution in [2.75, 3.05) is 19.8 Å². The average Bonchev–Trinajstić information content (AvgIpc) is 2.85. The summed E-state index contributed by atoms with van der Waals surface area (Å²) in [5, 5.41) is 7.85. The molecule has 0 saturated carbocycles. The van der Waals surface area contributed by atoms with E-state index in [9.17, 15) is 9.59 Å². The number of nitrogens with one attached hydrogen (secondary N) is 2. The lowest BCUT2D eigenvalue weighted by Gasteiger charge is -2.17.